The molecular weight excluding hydrogens is 362 g/mol. The second kappa shape index (κ2) is 6.80. The molecule has 0 bridgehead atoms. The van der Waals surface area contributed by atoms with E-state index in [1.54, 1.807) is 26.8 Å². The Morgan fingerprint density at radius 1 is 0.857 bits per heavy atom. The lowest BCUT2D eigenvalue weighted by atomic mass is 10.1. The molecule has 0 spiro atoms. The highest BCUT2D eigenvalue weighted by atomic mass is 16.4. The Bertz CT molecular complexity index is 990. The molecule has 0 atom stereocenters. The molecule has 8 heteroatoms. The number of nitrogens with zero attached hydrogens (tertiary/aromatic N) is 1. The first-order valence-corrected chi connectivity index (χ1v) is 8.52. The van der Waals surface area contributed by atoms with Gasteiger partial charge in [-0.2, -0.15) is 0 Å². The van der Waals surface area contributed by atoms with Crippen LogP contribution in [-0.4, -0.2) is 39.4 Å². The van der Waals surface area contributed by atoms with Crippen LogP contribution in [0.4, 0.5) is 16.2 Å². The highest BCUT2D eigenvalue weighted by Crippen LogP contribution is 2.31. The number of aromatic carboxylic acids is 1. The number of imide groups is 1. The maximum atomic E-state index is 12.6. The van der Waals surface area contributed by atoms with Crippen molar-refractivity contribution in [2.75, 3.05) is 10.6 Å². The highest BCUT2D eigenvalue weighted by molar-refractivity contribution is 6.22. The van der Waals surface area contributed by atoms with E-state index in [2.05, 4.69) is 10.6 Å². The molecule has 8 nitrogen and oxygen atoms in total. The highest BCUT2D eigenvalue weighted by Gasteiger charge is 2.41. The van der Waals surface area contributed by atoms with Crippen molar-refractivity contribution in [1.82, 2.24) is 4.90 Å². The fraction of sp³-hybridized carbons (Fsp3) is 0.200. The fourth-order valence-corrected chi connectivity index (χ4v) is 2.92. The summed E-state index contributed by atoms with van der Waals surface area (Å²) in [6, 6.07) is 9.64. The van der Waals surface area contributed by atoms with Gasteiger partial charge in [0.25, 0.3) is 11.8 Å². The van der Waals surface area contributed by atoms with Crippen LogP contribution in [0, 0.1) is 0 Å². The third-order valence-corrected chi connectivity index (χ3v) is 4.20. The normalized spacial score (nSPS) is 13.3. The lowest BCUT2D eigenvalue weighted by Crippen LogP contribution is -2.45. The monoisotopic (exact) mass is 381 g/mol. The molecule has 144 valence electrons. The first kappa shape index (κ1) is 19.1. The number of anilines is 2. The van der Waals surface area contributed by atoms with Gasteiger partial charge in [-0.05, 0) is 63.2 Å². The molecule has 1 aliphatic rings. The molecule has 3 N–H and O–H groups in total. The number of amides is 4. The number of urea groups is 1. The first-order valence-electron chi connectivity index (χ1n) is 8.52. The summed E-state index contributed by atoms with van der Waals surface area (Å²) >= 11 is 0. The fourth-order valence-electron chi connectivity index (χ4n) is 2.92. The molecule has 0 aromatic heterocycles. The van der Waals surface area contributed by atoms with Crippen molar-refractivity contribution in [1.29, 1.82) is 0 Å². The van der Waals surface area contributed by atoms with Gasteiger partial charge in [-0.1, -0.05) is 0 Å². The van der Waals surface area contributed by atoms with E-state index in [9.17, 15) is 19.2 Å². The lowest BCUT2D eigenvalue weighted by Gasteiger charge is -2.29. The molecule has 3 rings (SSSR count). The first-order chi connectivity index (χ1) is 13.1. The van der Waals surface area contributed by atoms with Crippen LogP contribution < -0.4 is 10.6 Å². The molecule has 0 fully saturated rings. The number of hydrogen-bond acceptors (Lipinski definition) is 4. The standard InChI is InChI=1S/C20H19N3O5/c1-20(2,3)23-16(24)14-9-8-13(10-15(14)17(23)25)22-19(28)21-12-6-4-11(5-7-12)18(26)27/h4-10H,1-3H3,(H,26,27)(H2,21,22,28). The second-order valence-electron chi connectivity index (χ2n) is 7.34. The average molecular weight is 381 g/mol. The van der Waals surface area contributed by atoms with E-state index in [1.807, 2.05) is 0 Å². The summed E-state index contributed by atoms with van der Waals surface area (Å²) in [5.41, 5.74) is 0.763. The average Bonchev–Trinajstić information content (AvgIpc) is 2.85. The van der Waals surface area contributed by atoms with Crippen LogP contribution in [0.5, 0.6) is 0 Å². The molecule has 4 amide bonds. The molecule has 0 radical (unpaired) electrons. The summed E-state index contributed by atoms with van der Waals surface area (Å²) in [6.45, 7) is 5.32. The van der Waals surface area contributed by atoms with Crippen LogP contribution in [0.3, 0.4) is 0 Å². The van der Waals surface area contributed by atoms with E-state index < -0.39 is 23.4 Å². The molecule has 0 saturated heterocycles. The minimum absolute atomic E-state index is 0.108. The van der Waals surface area contributed by atoms with Gasteiger partial charge in [0.2, 0.25) is 0 Å². The van der Waals surface area contributed by atoms with Crippen molar-refractivity contribution in [3.05, 3.63) is 59.2 Å². The number of fused-ring (bicyclic) bond motifs is 1. The predicted octanol–water partition coefficient (Wildman–Crippen LogP) is 3.42. The van der Waals surface area contributed by atoms with Gasteiger partial charge in [-0.25, -0.2) is 9.59 Å². The number of carboxylic acid groups (broad SMARTS) is 1. The molecule has 1 aliphatic heterocycles. The van der Waals surface area contributed by atoms with Gasteiger partial charge in [0.1, 0.15) is 0 Å². The van der Waals surface area contributed by atoms with Gasteiger partial charge in [-0.15, -0.1) is 0 Å². The number of carbonyl (C=O) groups is 4. The van der Waals surface area contributed by atoms with Gasteiger partial charge in [0.05, 0.1) is 16.7 Å². The Morgan fingerprint density at radius 2 is 1.39 bits per heavy atom. The van der Waals surface area contributed by atoms with Crippen molar-refractivity contribution in [2.45, 2.75) is 26.3 Å². The topological polar surface area (TPSA) is 116 Å². The number of rotatable bonds is 3. The van der Waals surface area contributed by atoms with Crippen molar-refractivity contribution < 1.29 is 24.3 Å². The Balaban J connectivity index is 1.74. The summed E-state index contributed by atoms with van der Waals surface area (Å²) in [7, 11) is 0. The lowest BCUT2D eigenvalue weighted by molar-refractivity contribution is 0.0506. The van der Waals surface area contributed by atoms with Crippen LogP contribution in [0.15, 0.2) is 42.5 Å². The molecule has 2 aromatic carbocycles. The summed E-state index contributed by atoms with van der Waals surface area (Å²) in [5, 5.41) is 14.1. The van der Waals surface area contributed by atoms with E-state index in [-0.39, 0.29) is 17.0 Å². The van der Waals surface area contributed by atoms with Gasteiger partial charge in [-0.3, -0.25) is 14.5 Å². The van der Waals surface area contributed by atoms with E-state index in [0.717, 1.165) is 0 Å². The van der Waals surface area contributed by atoms with Crippen LogP contribution in [0.25, 0.3) is 0 Å². The smallest absolute Gasteiger partial charge is 0.335 e. The minimum Gasteiger partial charge on any atom is -0.478 e. The number of hydrogen-bond donors (Lipinski definition) is 3. The SMILES string of the molecule is CC(C)(C)N1C(=O)c2ccc(NC(=O)Nc3ccc(C(=O)O)cc3)cc2C1=O. The van der Waals surface area contributed by atoms with E-state index in [0.29, 0.717) is 16.9 Å². The Hall–Kier alpha value is -3.68. The van der Waals surface area contributed by atoms with Crippen LogP contribution in [0.1, 0.15) is 51.8 Å². The number of nitrogens with one attached hydrogen (secondary N) is 2. The zero-order valence-electron chi connectivity index (χ0n) is 15.6. The van der Waals surface area contributed by atoms with Crippen molar-refractivity contribution in [2.24, 2.45) is 0 Å². The Labute approximate surface area is 161 Å². The summed E-state index contributed by atoms with van der Waals surface area (Å²) in [6.07, 6.45) is 0. The number of benzene rings is 2. The number of carbonyl (C=O) groups excluding carboxylic acids is 3. The van der Waals surface area contributed by atoms with Crippen LogP contribution in [0.2, 0.25) is 0 Å². The zero-order valence-corrected chi connectivity index (χ0v) is 15.6. The second-order valence-corrected chi connectivity index (χ2v) is 7.34. The third kappa shape index (κ3) is 3.57. The van der Waals surface area contributed by atoms with Crippen molar-refractivity contribution in [3.63, 3.8) is 0 Å². The van der Waals surface area contributed by atoms with E-state index >= 15 is 0 Å². The maximum absolute atomic E-state index is 12.6. The van der Waals surface area contributed by atoms with Crippen LogP contribution in [-0.2, 0) is 0 Å². The van der Waals surface area contributed by atoms with Crippen molar-refractivity contribution >= 4 is 35.2 Å². The summed E-state index contributed by atoms with van der Waals surface area (Å²) in [5.74, 6) is -1.82. The molecule has 2 aromatic rings. The van der Waals surface area contributed by atoms with Gasteiger partial charge >= 0.3 is 12.0 Å². The van der Waals surface area contributed by atoms with Crippen molar-refractivity contribution in [3.8, 4) is 0 Å². The van der Waals surface area contributed by atoms with Gasteiger partial charge in [0.15, 0.2) is 0 Å². The quantitative estimate of drug-likeness (QED) is 0.705. The van der Waals surface area contributed by atoms with Gasteiger partial charge in [0, 0.05) is 16.9 Å². The molecule has 0 saturated carbocycles. The molecule has 1 heterocycles. The molecular formula is C20H19N3O5. The van der Waals surface area contributed by atoms with Gasteiger partial charge < -0.3 is 15.7 Å². The summed E-state index contributed by atoms with van der Waals surface area (Å²) in [4.78, 5) is 49.3. The van der Waals surface area contributed by atoms with Crippen LogP contribution >= 0.6 is 0 Å². The largest absolute Gasteiger partial charge is 0.478 e. The Morgan fingerprint density at radius 3 is 1.96 bits per heavy atom. The zero-order chi connectivity index (χ0) is 20.6. The molecule has 0 aliphatic carbocycles. The maximum Gasteiger partial charge on any atom is 0.335 e. The predicted molar refractivity (Wildman–Crippen MR) is 103 cm³/mol. The Kier molecular flexibility index (Phi) is 4.64. The third-order valence-electron chi connectivity index (χ3n) is 4.20. The molecule has 0 unspecified atom stereocenters. The van der Waals surface area contributed by atoms with E-state index in [1.165, 1.54) is 41.3 Å². The van der Waals surface area contributed by atoms with E-state index in [4.69, 9.17) is 5.11 Å². The summed E-state index contributed by atoms with van der Waals surface area (Å²) < 4.78 is 0. The molecule has 28 heavy (non-hydrogen) atoms. The minimum atomic E-state index is -1.06. The number of carboxylic acids is 1.